The van der Waals surface area contributed by atoms with Gasteiger partial charge in [-0.05, 0) is 36.6 Å². The van der Waals surface area contributed by atoms with Crippen LogP contribution in [0.4, 0.5) is 0 Å². The number of nitrogens with two attached hydrogens (primary N) is 1. The molecule has 1 aromatic rings. The molecule has 0 amide bonds. The minimum Gasteiger partial charge on any atom is -0.326 e. The second-order valence-corrected chi connectivity index (χ2v) is 7.02. The van der Waals surface area contributed by atoms with Gasteiger partial charge in [-0.1, -0.05) is 24.9 Å². The Balaban J connectivity index is 3.25. The van der Waals surface area contributed by atoms with Crippen molar-refractivity contribution in [2.45, 2.75) is 38.1 Å². The van der Waals surface area contributed by atoms with Crippen molar-refractivity contribution in [3.05, 3.63) is 28.3 Å². The predicted molar refractivity (Wildman–Crippen MR) is 78.8 cm³/mol. The Morgan fingerprint density at radius 2 is 2.00 bits per heavy atom. The average Bonchev–Trinajstić information content (AvgIpc) is 2.37. The summed E-state index contributed by atoms with van der Waals surface area (Å²) in [6.07, 6.45) is 1.78. The van der Waals surface area contributed by atoms with Crippen LogP contribution in [0.5, 0.6) is 0 Å². The lowest BCUT2D eigenvalue weighted by molar-refractivity contribution is 0.459. The summed E-state index contributed by atoms with van der Waals surface area (Å²) in [4.78, 5) is 0.249. The van der Waals surface area contributed by atoms with Crippen LogP contribution >= 0.6 is 11.6 Å². The normalized spacial score (nSPS) is 12.1. The third-order valence-electron chi connectivity index (χ3n) is 3.17. The molecule has 0 bridgehead atoms. The molecule has 0 fully saturated rings. The van der Waals surface area contributed by atoms with Crippen LogP contribution in [-0.2, 0) is 16.6 Å². The molecule has 6 heteroatoms. The van der Waals surface area contributed by atoms with Gasteiger partial charge in [0.2, 0.25) is 10.0 Å². The molecule has 2 N–H and O–H groups in total. The maximum Gasteiger partial charge on any atom is 0.243 e. The Kier molecular flexibility index (Phi) is 5.80. The standard InChI is InChI=1S/C13H21ClN2O2S/c1-4-5-6-16(3)19(17,18)13-8-12(14)7-11(9-15)10(13)2/h7-8H,4-6,9,15H2,1-3H3. The van der Waals surface area contributed by atoms with Gasteiger partial charge in [0.1, 0.15) is 0 Å². The Hall–Kier alpha value is -0.620. The number of hydrogen-bond donors (Lipinski definition) is 1. The monoisotopic (exact) mass is 304 g/mol. The van der Waals surface area contributed by atoms with Gasteiger partial charge in [-0.25, -0.2) is 12.7 Å². The molecule has 1 rings (SSSR count). The van der Waals surface area contributed by atoms with Crippen LogP contribution in [0.15, 0.2) is 17.0 Å². The fourth-order valence-electron chi connectivity index (χ4n) is 1.86. The van der Waals surface area contributed by atoms with Gasteiger partial charge in [0.15, 0.2) is 0 Å². The number of halogens is 1. The van der Waals surface area contributed by atoms with Crippen LogP contribution in [0.2, 0.25) is 5.02 Å². The molecule has 4 nitrogen and oxygen atoms in total. The number of sulfonamides is 1. The summed E-state index contributed by atoms with van der Waals surface area (Å²) in [6.45, 7) is 4.56. The van der Waals surface area contributed by atoms with Gasteiger partial charge in [0.25, 0.3) is 0 Å². The number of rotatable bonds is 6. The lowest BCUT2D eigenvalue weighted by atomic mass is 10.1. The van der Waals surface area contributed by atoms with E-state index in [-0.39, 0.29) is 11.4 Å². The molecule has 0 spiro atoms. The summed E-state index contributed by atoms with van der Waals surface area (Å²) < 4.78 is 26.4. The molecule has 0 atom stereocenters. The molecule has 0 aliphatic carbocycles. The van der Waals surface area contributed by atoms with Gasteiger partial charge >= 0.3 is 0 Å². The predicted octanol–water partition coefficient (Wildman–Crippen LogP) is 2.53. The van der Waals surface area contributed by atoms with E-state index in [0.717, 1.165) is 18.4 Å². The molecule has 0 unspecified atom stereocenters. The second-order valence-electron chi connectivity index (χ2n) is 4.57. The number of nitrogens with zero attached hydrogens (tertiary/aromatic N) is 1. The first-order chi connectivity index (χ1) is 8.84. The maximum atomic E-state index is 12.5. The fraction of sp³-hybridized carbons (Fsp3) is 0.538. The van der Waals surface area contributed by atoms with E-state index in [1.165, 1.54) is 10.4 Å². The van der Waals surface area contributed by atoms with Gasteiger partial charge in [-0.2, -0.15) is 0 Å². The molecular formula is C13H21ClN2O2S. The molecule has 0 radical (unpaired) electrons. The zero-order chi connectivity index (χ0) is 14.6. The van der Waals surface area contributed by atoms with Gasteiger partial charge in [0, 0.05) is 25.2 Å². The molecule has 108 valence electrons. The summed E-state index contributed by atoms with van der Waals surface area (Å²) in [6, 6.07) is 3.20. The Bertz CT molecular complexity index is 544. The highest BCUT2D eigenvalue weighted by Crippen LogP contribution is 2.26. The van der Waals surface area contributed by atoms with E-state index in [1.807, 2.05) is 6.92 Å². The zero-order valence-electron chi connectivity index (χ0n) is 11.6. The first kappa shape index (κ1) is 16.4. The van der Waals surface area contributed by atoms with E-state index in [4.69, 9.17) is 17.3 Å². The molecule has 0 aliphatic rings. The minimum atomic E-state index is -3.50. The van der Waals surface area contributed by atoms with Crippen molar-refractivity contribution in [2.24, 2.45) is 5.73 Å². The summed E-state index contributed by atoms with van der Waals surface area (Å²) in [5.41, 5.74) is 7.06. The van der Waals surface area contributed by atoms with Gasteiger partial charge in [0.05, 0.1) is 4.90 Å². The van der Waals surface area contributed by atoms with Crippen molar-refractivity contribution >= 4 is 21.6 Å². The molecular weight excluding hydrogens is 284 g/mol. The third-order valence-corrected chi connectivity index (χ3v) is 5.37. The molecule has 0 aliphatic heterocycles. The number of unbranched alkanes of at least 4 members (excludes halogenated alkanes) is 1. The Labute approximate surface area is 120 Å². The highest BCUT2D eigenvalue weighted by molar-refractivity contribution is 7.89. The van der Waals surface area contributed by atoms with Crippen LogP contribution in [0.25, 0.3) is 0 Å². The van der Waals surface area contributed by atoms with Gasteiger partial charge < -0.3 is 5.73 Å². The van der Waals surface area contributed by atoms with Crippen LogP contribution < -0.4 is 5.73 Å². The lowest BCUT2D eigenvalue weighted by Crippen LogP contribution is -2.28. The van der Waals surface area contributed by atoms with E-state index in [9.17, 15) is 8.42 Å². The molecule has 0 saturated heterocycles. The van der Waals surface area contributed by atoms with Crippen molar-refractivity contribution in [3.63, 3.8) is 0 Å². The SMILES string of the molecule is CCCCN(C)S(=O)(=O)c1cc(Cl)cc(CN)c1C. The molecule has 0 saturated carbocycles. The van der Waals surface area contributed by atoms with E-state index in [0.29, 0.717) is 17.1 Å². The zero-order valence-corrected chi connectivity index (χ0v) is 13.2. The summed E-state index contributed by atoms with van der Waals surface area (Å²) in [5, 5.41) is 0.397. The van der Waals surface area contributed by atoms with E-state index in [1.54, 1.807) is 20.0 Å². The largest absolute Gasteiger partial charge is 0.326 e. The fourth-order valence-corrected chi connectivity index (χ4v) is 3.66. The highest BCUT2D eigenvalue weighted by Gasteiger charge is 2.23. The van der Waals surface area contributed by atoms with Crippen molar-refractivity contribution in [3.8, 4) is 0 Å². The average molecular weight is 305 g/mol. The Morgan fingerprint density at radius 3 is 2.53 bits per heavy atom. The van der Waals surface area contributed by atoms with Crippen molar-refractivity contribution in [1.82, 2.24) is 4.31 Å². The van der Waals surface area contributed by atoms with Crippen molar-refractivity contribution in [2.75, 3.05) is 13.6 Å². The number of hydrogen-bond acceptors (Lipinski definition) is 3. The maximum absolute atomic E-state index is 12.5. The van der Waals surface area contributed by atoms with Crippen molar-refractivity contribution in [1.29, 1.82) is 0 Å². The molecule has 0 aromatic heterocycles. The lowest BCUT2D eigenvalue weighted by Gasteiger charge is -2.19. The Morgan fingerprint density at radius 1 is 1.37 bits per heavy atom. The summed E-state index contributed by atoms with van der Waals surface area (Å²) >= 11 is 5.98. The van der Waals surface area contributed by atoms with Crippen LogP contribution in [0.1, 0.15) is 30.9 Å². The molecule has 19 heavy (non-hydrogen) atoms. The van der Waals surface area contributed by atoms with E-state index >= 15 is 0 Å². The number of benzene rings is 1. The first-order valence-electron chi connectivity index (χ1n) is 6.30. The van der Waals surface area contributed by atoms with Crippen molar-refractivity contribution < 1.29 is 8.42 Å². The molecule has 1 aromatic carbocycles. The summed E-state index contributed by atoms with van der Waals surface area (Å²) in [7, 11) is -1.91. The quantitative estimate of drug-likeness (QED) is 0.878. The molecule has 0 heterocycles. The smallest absolute Gasteiger partial charge is 0.243 e. The van der Waals surface area contributed by atoms with Crippen LogP contribution in [-0.4, -0.2) is 26.3 Å². The third kappa shape index (κ3) is 3.69. The highest BCUT2D eigenvalue weighted by atomic mass is 35.5. The van der Waals surface area contributed by atoms with E-state index < -0.39 is 10.0 Å². The van der Waals surface area contributed by atoms with E-state index in [2.05, 4.69) is 0 Å². The minimum absolute atomic E-state index is 0.249. The van der Waals surface area contributed by atoms with Gasteiger partial charge in [-0.15, -0.1) is 0 Å². The topological polar surface area (TPSA) is 63.4 Å². The van der Waals surface area contributed by atoms with Crippen LogP contribution in [0, 0.1) is 6.92 Å². The van der Waals surface area contributed by atoms with Crippen LogP contribution in [0.3, 0.4) is 0 Å². The second kappa shape index (κ2) is 6.70. The van der Waals surface area contributed by atoms with Gasteiger partial charge in [-0.3, -0.25) is 0 Å². The summed E-state index contributed by atoms with van der Waals surface area (Å²) in [5.74, 6) is 0. The first-order valence-corrected chi connectivity index (χ1v) is 8.11.